The number of hydrogen-bond acceptors (Lipinski definition) is 5. The molecule has 6 heteroatoms. The third kappa shape index (κ3) is 4.07. The Morgan fingerprint density at radius 1 is 1.14 bits per heavy atom. The molecule has 112 valence electrons. The number of benzene rings is 1. The van der Waals surface area contributed by atoms with E-state index in [4.69, 9.17) is 4.74 Å². The lowest BCUT2D eigenvalue weighted by atomic mass is 10.3. The second-order valence-electron chi connectivity index (χ2n) is 4.41. The monoisotopic (exact) mass is 350 g/mol. The SMILES string of the molecule is CCNc1cc(Nc2cc(OC)ccc2Br)nc(CC)n1. The van der Waals surface area contributed by atoms with Gasteiger partial charge in [0.05, 0.1) is 12.8 Å². The van der Waals surface area contributed by atoms with E-state index < -0.39 is 0 Å². The standard InChI is InChI=1S/C15H19BrN4O/c1-4-13-19-14(17-5-2)9-15(20-13)18-12-8-10(21-3)6-7-11(12)16/h6-9H,4-5H2,1-3H3,(H2,17,18,19,20). The van der Waals surface area contributed by atoms with Gasteiger partial charge in [-0.05, 0) is 35.0 Å². The van der Waals surface area contributed by atoms with E-state index in [1.54, 1.807) is 7.11 Å². The maximum Gasteiger partial charge on any atom is 0.136 e. The maximum absolute atomic E-state index is 5.25. The molecule has 0 atom stereocenters. The van der Waals surface area contributed by atoms with Gasteiger partial charge < -0.3 is 15.4 Å². The van der Waals surface area contributed by atoms with Crippen LogP contribution in [0.3, 0.4) is 0 Å². The molecule has 2 aromatic rings. The molecule has 1 aromatic carbocycles. The Balaban J connectivity index is 2.32. The van der Waals surface area contributed by atoms with Crippen molar-refractivity contribution in [2.45, 2.75) is 20.3 Å². The summed E-state index contributed by atoms with van der Waals surface area (Å²) in [4.78, 5) is 8.94. The minimum Gasteiger partial charge on any atom is -0.497 e. The highest BCUT2D eigenvalue weighted by atomic mass is 79.9. The molecule has 21 heavy (non-hydrogen) atoms. The summed E-state index contributed by atoms with van der Waals surface area (Å²) < 4.78 is 6.20. The van der Waals surface area contributed by atoms with Gasteiger partial charge in [0.25, 0.3) is 0 Å². The number of aromatic nitrogens is 2. The Kier molecular flexibility index (Phi) is 5.38. The van der Waals surface area contributed by atoms with Crippen LogP contribution in [0, 0.1) is 0 Å². The molecule has 5 nitrogen and oxygen atoms in total. The molecule has 1 heterocycles. The number of nitrogens with one attached hydrogen (secondary N) is 2. The number of methoxy groups -OCH3 is 1. The van der Waals surface area contributed by atoms with Crippen LogP contribution < -0.4 is 15.4 Å². The first-order valence-electron chi connectivity index (χ1n) is 6.88. The molecular formula is C15H19BrN4O. The second-order valence-corrected chi connectivity index (χ2v) is 5.26. The fourth-order valence-corrected chi connectivity index (χ4v) is 2.20. The Hall–Kier alpha value is -1.82. The Labute approximate surface area is 133 Å². The Morgan fingerprint density at radius 2 is 1.90 bits per heavy atom. The van der Waals surface area contributed by atoms with E-state index >= 15 is 0 Å². The van der Waals surface area contributed by atoms with E-state index in [1.165, 1.54) is 0 Å². The van der Waals surface area contributed by atoms with E-state index in [1.807, 2.05) is 38.1 Å². The lowest BCUT2D eigenvalue weighted by Gasteiger charge is -2.12. The first kappa shape index (κ1) is 15.6. The summed E-state index contributed by atoms with van der Waals surface area (Å²) in [5.41, 5.74) is 0.901. The van der Waals surface area contributed by atoms with Crippen LogP contribution in [0.25, 0.3) is 0 Å². The van der Waals surface area contributed by atoms with Crippen LogP contribution in [0.15, 0.2) is 28.7 Å². The molecule has 2 rings (SSSR count). The molecule has 0 aliphatic heterocycles. The van der Waals surface area contributed by atoms with Gasteiger partial charge in [0.2, 0.25) is 0 Å². The summed E-state index contributed by atoms with van der Waals surface area (Å²) in [6.07, 6.45) is 0.785. The predicted octanol–water partition coefficient (Wildman–Crippen LogP) is 3.99. The minimum atomic E-state index is 0.756. The van der Waals surface area contributed by atoms with Gasteiger partial charge in [0.15, 0.2) is 0 Å². The first-order chi connectivity index (χ1) is 10.2. The normalized spacial score (nSPS) is 10.3. The number of hydrogen-bond donors (Lipinski definition) is 2. The average molecular weight is 351 g/mol. The largest absolute Gasteiger partial charge is 0.497 e. The minimum absolute atomic E-state index is 0.756. The number of rotatable bonds is 6. The summed E-state index contributed by atoms with van der Waals surface area (Å²) in [5.74, 6) is 3.17. The third-order valence-corrected chi connectivity index (χ3v) is 3.57. The van der Waals surface area contributed by atoms with Gasteiger partial charge in [-0.15, -0.1) is 0 Å². The molecule has 0 amide bonds. The molecule has 0 spiro atoms. The number of aryl methyl sites for hydroxylation is 1. The van der Waals surface area contributed by atoms with Crippen molar-refractivity contribution in [3.8, 4) is 5.75 Å². The molecule has 0 radical (unpaired) electrons. The summed E-state index contributed by atoms with van der Waals surface area (Å²) in [7, 11) is 1.65. The predicted molar refractivity (Wildman–Crippen MR) is 89.6 cm³/mol. The van der Waals surface area contributed by atoms with Gasteiger partial charge in [0, 0.05) is 29.6 Å². The molecule has 1 aromatic heterocycles. The van der Waals surface area contributed by atoms with Gasteiger partial charge in [0.1, 0.15) is 23.2 Å². The van der Waals surface area contributed by atoms with E-state index in [-0.39, 0.29) is 0 Å². The number of ether oxygens (including phenoxy) is 1. The summed E-state index contributed by atoms with van der Waals surface area (Å²) in [6, 6.07) is 7.66. The third-order valence-electron chi connectivity index (χ3n) is 2.88. The fourth-order valence-electron chi connectivity index (χ4n) is 1.86. The number of nitrogens with zero attached hydrogens (tertiary/aromatic N) is 2. The van der Waals surface area contributed by atoms with Crippen molar-refractivity contribution in [3.63, 3.8) is 0 Å². The molecule has 0 bridgehead atoms. The summed E-state index contributed by atoms with van der Waals surface area (Å²) >= 11 is 3.52. The average Bonchev–Trinajstić information content (AvgIpc) is 2.49. The molecule has 0 aliphatic rings. The van der Waals surface area contributed by atoms with Crippen LogP contribution >= 0.6 is 15.9 Å². The van der Waals surface area contributed by atoms with Gasteiger partial charge in [-0.3, -0.25) is 0 Å². The molecule has 0 aliphatic carbocycles. The highest BCUT2D eigenvalue weighted by Gasteiger charge is 2.07. The van der Waals surface area contributed by atoms with Crippen LogP contribution in [0.2, 0.25) is 0 Å². The highest BCUT2D eigenvalue weighted by molar-refractivity contribution is 9.10. The van der Waals surface area contributed by atoms with Crippen molar-refractivity contribution < 1.29 is 4.74 Å². The molecule has 0 fully saturated rings. The number of halogens is 1. The smallest absolute Gasteiger partial charge is 0.136 e. The van der Waals surface area contributed by atoms with E-state index in [9.17, 15) is 0 Å². The van der Waals surface area contributed by atoms with E-state index in [0.29, 0.717) is 0 Å². The quantitative estimate of drug-likeness (QED) is 0.824. The Morgan fingerprint density at radius 3 is 2.57 bits per heavy atom. The van der Waals surface area contributed by atoms with Crippen LogP contribution in [-0.4, -0.2) is 23.6 Å². The van der Waals surface area contributed by atoms with Crippen LogP contribution in [0.1, 0.15) is 19.7 Å². The lowest BCUT2D eigenvalue weighted by molar-refractivity contribution is 0.415. The topological polar surface area (TPSA) is 59.1 Å². The summed E-state index contributed by atoms with van der Waals surface area (Å²) in [5, 5.41) is 6.52. The van der Waals surface area contributed by atoms with Crippen molar-refractivity contribution in [1.82, 2.24) is 9.97 Å². The second kappa shape index (κ2) is 7.26. The molecule has 0 saturated carbocycles. The fraction of sp³-hybridized carbons (Fsp3) is 0.333. The van der Waals surface area contributed by atoms with Crippen molar-refractivity contribution in [2.75, 3.05) is 24.3 Å². The van der Waals surface area contributed by atoms with Crippen molar-refractivity contribution >= 4 is 33.3 Å². The zero-order valence-corrected chi connectivity index (χ0v) is 14.0. The van der Waals surface area contributed by atoms with Gasteiger partial charge in [-0.25, -0.2) is 9.97 Å². The van der Waals surface area contributed by atoms with Crippen molar-refractivity contribution in [1.29, 1.82) is 0 Å². The molecule has 2 N–H and O–H groups in total. The summed E-state index contributed by atoms with van der Waals surface area (Å²) in [6.45, 7) is 4.90. The van der Waals surface area contributed by atoms with Crippen molar-refractivity contribution in [2.24, 2.45) is 0 Å². The lowest BCUT2D eigenvalue weighted by Crippen LogP contribution is -2.05. The van der Waals surface area contributed by atoms with E-state index in [2.05, 4.69) is 36.5 Å². The molecule has 0 saturated heterocycles. The number of anilines is 3. The van der Waals surface area contributed by atoms with Gasteiger partial charge in [-0.2, -0.15) is 0 Å². The zero-order chi connectivity index (χ0) is 15.2. The van der Waals surface area contributed by atoms with Crippen molar-refractivity contribution in [3.05, 3.63) is 34.6 Å². The van der Waals surface area contributed by atoms with Gasteiger partial charge in [-0.1, -0.05) is 6.92 Å². The van der Waals surface area contributed by atoms with Crippen LogP contribution in [0.5, 0.6) is 5.75 Å². The van der Waals surface area contributed by atoms with E-state index in [0.717, 1.165) is 46.3 Å². The first-order valence-corrected chi connectivity index (χ1v) is 7.68. The Bertz CT molecular complexity index is 619. The molecular weight excluding hydrogens is 332 g/mol. The highest BCUT2D eigenvalue weighted by Crippen LogP contribution is 2.29. The van der Waals surface area contributed by atoms with Crippen LogP contribution in [-0.2, 0) is 6.42 Å². The molecule has 0 unspecified atom stereocenters. The van der Waals surface area contributed by atoms with Gasteiger partial charge >= 0.3 is 0 Å². The zero-order valence-electron chi connectivity index (χ0n) is 12.4. The van der Waals surface area contributed by atoms with Crippen LogP contribution in [0.4, 0.5) is 17.3 Å². The maximum atomic E-state index is 5.25.